The Morgan fingerprint density at radius 2 is 2.12 bits per heavy atom. The molecule has 2 heteroatoms. The molecule has 0 bridgehead atoms. The number of hydrogen-bond acceptors (Lipinski definition) is 2. The molecule has 1 N–H and O–H groups in total. The lowest BCUT2D eigenvalue weighted by Gasteiger charge is -2.19. The lowest BCUT2D eigenvalue weighted by Crippen LogP contribution is -2.39. The minimum atomic E-state index is -0.475. The van der Waals surface area contributed by atoms with Gasteiger partial charge in [-0.3, -0.25) is 0 Å². The predicted molar refractivity (Wildman–Crippen MR) is 30.3 cm³/mol. The van der Waals surface area contributed by atoms with Crippen LogP contribution in [0, 0.1) is 0 Å². The molecule has 1 atom stereocenters. The summed E-state index contributed by atoms with van der Waals surface area (Å²) >= 11 is 0. The molecule has 0 aromatic rings. The molecule has 0 saturated carbocycles. The average Bonchev–Trinajstić information content (AvgIpc) is 1.94. The quantitative estimate of drug-likeness (QED) is 0.475. The van der Waals surface area contributed by atoms with E-state index in [-0.39, 0.29) is 0 Å². The second-order valence-corrected chi connectivity index (χ2v) is 2.29. The Kier molecular flexibility index (Phi) is 2.30. The summed E-state index contributed by atoms with van der Waals surface area (Å²) in [6, 6.07) is 0. The maximum atomic E-state index is 10.7. The lowest BCUT2D eigenvalue weighted by molar-refractivity contribution is -0.429. The first-order chi connectivity index (χ1) is 3.89. The van der Waals surface area contributed by atoms with Gasteiger partial charge in [-0.05, 0) is 13.0 Å². The van der Waals surface area contributed by atoms with E-state index in [4.69, 9.17) is 0 Å². The molecule has 1 fully saturated rings. The average molecular weight is 114 g/mol. The third-order valence-electron chi connectivity index (χ3n) is 1.52. The summed E-state index contributed by atoms with van der Waals surface area (Å²) in [6.45, 7) is 0.925. The topological polar surface area (TPSA) is 35.1 Å². The molecule has 0 spiro atoms. The lowest BCUT2D eigenvalue weighted by atomic mass is 10.2. The van der Waals surface area contributed by atoms with Crippen LogP contribution in [0.3, 0.4) is 0 Å². The molecule has 2 nitrogen and oxygen atoms in total. The normalized spacial score (nSPS) is 31.9. The summed E-state index contributed by atoms with van der Waals surface area (Å²) < 4.78 is 0. The highest BCUT2D eigenvalue weighted by Gasteiger charge is 1.98. The van der Waals surface area contributed by atoms with Crippen molar-refractivity contribution in [1.29, 1.82) is 0 Å². The molecule has 1 saturated heterocycles. The molecule has 48 valence electrons. The first-order valence-electron chi connectivity index (χ1n) is 3.29. The van der Waals surface area contributed by atoms with E-state index in [1.807, 2.05) is 0 Å². The van der Waals surface area contributed by atoms with Gasteiger partial charge in [0.15, 0.2) is 0 Å². The Morgan fingerprint density at radius 1 is 1.25 bits per heavy atom. The van der Waals surface area contributed by atoms with Gasteiger partial charge in [0.1, 0.15) is 0 Å². The van der Waals surface area contributed by atoms with Gasteiger partial charge in [0.05, 0.1) is 0 Å². The van der Waals surface area contributed by atoms with Gasteiger partial charge in [-0.2, -0.15) is 0 Å². The van der Waals surface area contributed by atoms with Crippen LogP contribution in [0.4, 0.5) is 0 Å². The van der Waals surface area contributed by atoms with Gasteiger partial charge in [-0.15, -0.1) is 0 Å². The Labute approximate surface area is 49.9 Å². The summed E-state index contributed by atoms with van der Waals surface area (Å²) in [5.74, 6) is 0. The molecule has 1 rings (SSSR count). The van der Waals surface area contributed by atoms with Crippen molar-refractivity contribution in [3.63, 3.8) is 0 Å². The van der Waals surface area contributed by atoms with Gasteiger partial charge >= 0.3 is 0 Å². The predicted octanol–water partition coefficient (Wildman–Crippen LogP) is -0.164. The van der Waals surface area contributed by atoms with Crippen molar-refractivity contribution < 1.29 is 5.11 Å². The molecule has 0 aromatic carbocycles. The second kappa shape index (κ2) is 3.05. The fraction of sp³-hybridized carbons (Fsp3) is 1.00. The third kappa shape index (κ3) is 1.80. The van der Waals surface area contributed by atoms with Crippen LogP contribution in [0.15, 0.2) is 0 Å². The van der Waals surface area contributed by atoms with Crippen LogP contribution in [-0.4, -0.2) is 12.8 Å². The van der Waals surface area contributed by atoms with E-state index in [2.05, 4.69) is 5.32 Å². The zero-order chi connectivity index (χ0) is 5.82. The van der Waals surface area contributed by atoms with E-state index in [1.54, 1.807) is 0 Å². The molecule has 0 aromatic heterocycles. The molecule has 1 unspecified atom stereocenters. The van der Waals surface area contributed by atoms with Crippen LogP contribution < -0.4 is 10.4 Å². The van der Waals surface area contributed by atoms with Crippen molar-refractivity contribution in [2.24, 2.45) is 0 Å². The molecular weight excluding hydrogens is 102 g/mol. The number of hydrogen-bond donors (Lipinski definition) is 1. The second-order valence-electron chi connectivity index (χ2n) is 2.29. The number of rotatable bonds is 0. The Hall–Kier alpha value is -0.0800. The molecule has 1 aliphatic heterocycles. The molecule has 0 amide bonds. The van der Waals surface area contributed by atoms with Crippen molar-refractivity contribution in [3.8, 4) is 0 Å². The van der Waals surface area contributed by atoms with Gasteiger partial charge < -0.3 is 10.4 Å². The van der Waals surface area contributed by atoms with E-state index >= 15 is 0 Å². The summed E-state index contributed by atoms with van der Waals surface area (Å²) in [5, 5.41) is 13.5. The van der Waals surface area contributed by atoms with Crippen molar-refractivity contribution >= 4 is 0 Å². The fourth-order valence-electron chi connectivity index (χ4n) is 0.997. The molecule has 8 heavy (non-hydrogen) atoms. The molecule has 1 heterocycles. The zero-order valence-electron chi connectivity index (χ0n) is 5.02. The van der Waals surface area contributed by atoms with Crippen LogP contribution in [-0.2, 0) is 0 Å². The number of nitrogens with one attached hydrogen (secondary N) is 1. The van der Waals surface area contributed by atoms with E-state index in [0.29, 0.717) is 0 Å². The van der Waals surface area contributed by atoms with Gasteiger partial charge in [-0.1, -0.05) is 25.5 Å². The summed E-state index contributed by atoms with van der Waals surface area (Å²) in [5.41, 5.74) is 0. The largest absolute Gasteiger partial charge is 0.841 e. The first kappa shape index (κ1) is 6.05. The summed E-state index contributed by atoms with van der Waals surface area (Å²) in [4.78, 5) is 0. The summed E-state index contributed by atoms with van der Waals surface area (Å²) in [7, 11) is 0. The maximum absolute atomic E-state index is 10.7. The Bertz CT molecular complexity index is 57.5. The third-order valence-corrected chi connectivity index (χ3v) is 1.52. The highest BCUT2D eigenvalue weighted by atomic mass is 16.3. The van der Waals surface area contributed by atoms with Crippen LogP contribution in [0.1, 0.15) is 25.7 Å². The highest BCUT2D eigenvalue weighted by molar-refractivity contribution is 4.58. The smallest absolute Gasteiger partial charge is 0.00607 e. The molecule has 0 radical (unpaired) electrons. The van der Waals surface area contributed by atoms with Crippen LogP contribution in [0.2, 0.25) is 0 Å². The molecule has 1 aliphatic rings. The van der Waals surface area contributed by atoms with Gasteiger partial charge in [-0.25, -0.2) is 0 Å². The molecule has 0 aliphatic carbocycles. The monoisotopic (exact) mass is 114 g/mol. The van der Waals surface area contributed by atoms with Gasteiger partial charge in [0.2, 0.25) is 0 Å². The Balaban J connectivity index is 2.17. The van der Waals surface area contributed by atoms with Crippen molar-refractivity contribution in [1.82, 2.24) is 5.32 Å². The maximum Gasteiger partial charge on any atom is -0.00607 e. The standard InChI is InChI=1S/C6H12NO/c8-6-4-2-1-3-5-7-6/h6-7H,1-5H2/q-1. The zero-order valence-corrected chi connectivity index (χ0v) is 5.02. The van der Waals surface area contributed by atoms with E-state index in [1.165, 1.54) is 12.8 Å². The van der Waals surface area contributed by atoms with Crippen LogP contribution in [0.5, 0.6) is 0 Å². The van der Waals surface area contributed by atoms with Gasteiger partial charge in [0, 0.05) is 0 Å². The Morgan fingerprint density at radius 3 is 3.00 bits per heavy atom. The minimum absolute atomic E-state index is 0.475. The minimum Gasteiger partial charge on any atom is -0.841 e. The van der Waals surface area contributed by atoms with E-state index < -0.39 is 6.23 Å². The van der Waals surface area contributed by atoms with Crippen LogP contribution in [0.25, 0.3) is 0 Å². The van der Waals surface area contributed by atoms with E-state index in [9.17, 15) is 5.11 Å². The SMILES string of the molecule is [O-]C1CCCCCN1. The summed E-state index contributed by atoms with van der Waals surface area (Å²) in [6.07, 6.45) is 3.86. The van der Waals surface area contributed by atoms with Crippen molar-refractivity contribution in [3.05, 3.63) is 0 Å². The van der Waals surface area contributed by atoms with Crippen molar-refractivity contribution in [2.45, 2.75) is 31.9 Å². The first-order valence-corrected chi connectivity index (χ1v) is 3.29. The fourth-order valence-corrected chi connectivity index (χ4v) is 0.997. The van der Waals surface area contributed by atoms with E-state index in [0.717, 1.165) is 19.4 Å². The molecular formula is C6H12NO-. The highest BCUT2D eigenvalue weighted by Crippen LogP contribution is 2.03. The van der Waals surface area contributed by atoms with Crippen molar-refractivity contribution in [2.75, 3.05) is 6.54 Å². The van der Waals surface area contributed by atoms with Gasteiger partial charge in [0.25, 0.3) is 0 Å². The van der Waals surface area contributed by atoms with Crippen LogP contribution >= 0.6 is 0 Å².